The summed E-state index contributed by atoms with van der Waals surface area (Å²) < 4.78 is 10.5. The molecule has 1 aliphatic rings. The van der Waals surface area contributed by atoms with Gasteiger partial charge >= 0.3 is 0 Å². The predicted molar refractivity (Wildman–Crippen MR) is 50.9 cm³/mol. The fraction of sp³-hybridized carbons (Fsp3) is 1.00. The molecule has 12 heavy (non-hydrogen) atoms. The van der Waals surface area contributed by atoms with Gasteiger partial charge in [-0.05, 0) is 13.8 Å². The Balaban J connectivity index is 0.00000121. The first-order valence-corrected chi connectivity index (χ1v) is 3.99. The van der Waals surface area contributed by atoms with Crippen molar-refractivity contribution in [2.45, 2.75) is 25.5 Å². The van der Waals surface area contributed by atoms with Gasteiger partial charge in [-0.2, -0.15) is 0 Å². The Labute approximate surface area is 80.2 Å². The first-order valence-electron chi connectivity index (χ1n) is 3.99. The molecule has 0 aromatic heterocycles. The highest BCUT2D eigenvalue weighted by Crippen LogP contribution is 2.10. The van der Waals surface area contributed by atoms with Gasteiger partial charge in [0.1, 0.15) is 0 Å². The molecule has 74 valence electrons. The van der Waals surface area contributed by atoms with Crippen LogP contribution in [-0.4, -0.2) is 38.5 Å². The summed E-state index contributed by atoms with van der Waals surface area (Å²) >= 11 is 0. The lowest BCUT2D eigenvalue weighted by atomic mass is 10.1. The quantitative estimate of drug-likeness (QED) is 0.708. The summed E-state index contributed by atoms with van der Waals surface area (Å²) in [6, 6.07) is 0. The summed E-state index contributed by atoms with van der Waals surface area (Å²) in [4.78, 5) is 0. The lowest BCUT2D eigenvalue weighted by molar-refractivity contribution is -0.0544. The molecular weight excluding hydrogens is 178 g/mol. The molecule has 1 N–H and O–H groups in total. The Morgan fingerprint density at radius 3 is 2.67 bits per heavy atom. The molecule has 1 heterocycles. The molecule has 0 aromatic rings. The van der Waals surface area contributed by atoms with E-state index in [0.717, 1.165) is 13.2 Å². The third-order valence-corrected chi connectivity index (χ3v) is 1.84. The van der Waals surface area contributed by atoms with E-state index in [-0.39, 0.29) is 24.0 Å². The van der Waals surface area contributed by atoms with E-state index in [9.17, 15) is 0 Å². The lowest BCUT2D eigenvalue weighted by Crippen LogP contribution is -2.54. The molecule has 4 heteroatoms. The molecule has 1 unspecified atom stereocenters. The van der Waals surface area contributed by atoms with E-state index in [1.807, 2.05) is 0 Å². The maximum Gasteiger partial charge on any atom is 0.0933 e. The van der Waals surface area contributed by atoms with Crippen molar-refractivity contribution in [1.82, 2.24) is 5.32 Å². The zero-order chi connectivity index (χ0) is 8.32. The van der Waals surface area contributed by atoms with Crippen LogP contribution in [0, 0.1) is 0 Å². The molecule has 0 saturated carbocycles. The largest absolute Gasteiger partial charge is 0.382 e. The van der Waals surface area contributed by atoms with Crippen molar-refractivity contribution in [2.75, 3.05) is 26.9 Å². The molecular formula is C8H18ClNO2. The summed E-state index contributed by atoms with van der Waals surface area (Å²) in [5, 5.41) is 3.39. The topological polar surface area (TPSA) is 30.5 Å². The van der Waals surface area contributed by atoms with E-state index >= 15 is 0 Å². The lowest BCUT2D eigenvalue weighted by Gasteiger charge is -2.35. The van der Waals surface area contributed by atoms with Gasteiger partial charge in [-0.25, -0.2) is 0 Å². The van der Waals surface area contributed by atoms with Crippen LogP contribution in [0.2, 0.25) is 0 Å². The monoisotopic (exact) mass is 195 g/mol. The van der Waals surface area contributed by atoms with E-state index in [0.29, 0.717) is 6.61 Å². The minimum Gasteiger partial charge on any atom is -0.382 e. The average molecular weight is 196 g/mol. The summed E-state index contributed by atoms with van der Waals surface area (Å²) in [7, 11) is 1.70. The number of morpholine rings is 1. The Hall–Kier alpha value is 0.170. The fourth-order valence-corrected chi connectivity index (χ4v) is 1.12. The van der Waals surface area contributed by atoms with Crippen molar-refractivity contribution < 1.29 is 9.47 Å². The van der Waals surface area contributed by atoms with Crippen LogP contribution in [0.4, 0.5) is 0 Å². The summed E-state index contributed by atoms with van der Waals surface area (Å²) in [5.41, 5.74) is 0.129. The van der Waals surface area contributed by atoms with Gasteiger partial charge in [-0.15, -0.1) is 12.4 Å². The van der Waals surface area contributed by atoms with Crippen molar-refractivity contribution in [2.24, 2.45) is 0 Å². The number of hydrogen-bond acceptors (Lipinski definition) is 3. The molecule has 1 aliphatic heterocycles. The van der Waals surface area contributed by atoms with Gasteiger partial charge < -0.3 is 14.8 Å². The van der Waals surface area contributed by atoms with Crippen LogP contribution in [0.1, 0.15) is 13.8 Å². The Morgan fingerprint density at radius 1 is 1.58 bits per heavy atom. The van der Waals surface area contributed by atoms with Crippen LogP contribution >= 0.6 is 12.4 Å². The molecule has 1 atom stereocenters. The first-order chi connectivity index (χ1) is 5.14. The molecule has 0 amide bonds. The minimum atomic E-state index is 0. The third-order valence-electron chi connectivity index (χ3n) is 1.84. The standard InChI is InChI=1S/C8H17NO2.ClH/c1-8(2)6-11-7(4-9-8)5-10-3;/h7,9H,4-6H2,1-3H3;1H. The molecule has 0 aromatic carbocycles. The summed E-state index contributed by atoms with van der Waals surface area (Å²) in [6.45, 7) is 6.61. The van der Waals surface area contributed by atoms with E-state index in [1.165, 1.54) is 0 Å². The summed E-state index contributed by atoms with van der Waals surface area (Å²) in [5.74, 6) is 0. The predicted octanol–water partition coefficient (Wildman–Crippen LogP) is 0.822. The van der Waals surface area contributed by atoms with Gasteiger partial charge in [-0.1, -0.05) is 0 Å². The van der Waals surface area contributed by atoms with Crippen molar-refractivity contribution in [3.63, 3.8) is 0 Å². The van der Waals surface area contributed by atoms with Crippen LogP contribution in [0.25, 0.3) is 0 Å². The number of nitrogens with one attached hydrogen (secondary N) is 1. The molecule has 1 fully saturated rings. The second-order valence-corrected chi connectivity index (χ2v) is 3.65. The number of methoxy groups -OCH3 is 1. The minimum absolute atomic E-state index is 0. The van der Waals surface area contributed by atoms with Crippen molar-refractivity contribution in [1.29, 1.82) is 0 Å². The molecule has 0 bridgehead atoms. The van der Waals surface area contributed by atoms with Gasteiger partial charge in [0.15, 0.2) is 0 Å². The van der Waals surface area contributed by atoms with Gasteiger partial charge in [-0.3, -0.25) is 0 Å². The van der Waals surface area contributed by atoms with E-state index in [1.54, 1.807) is 7.11 Å². The van der Waals surface area contributed by atoms with E-state index in [4.69, 9.17) is 9.47 Å². The second-order valence-electron chi connectivity index (χ2n) is 3.65. The van der Waals surface area contributed by atoms with Gasteiger partial charge in [0.25, 0.3) is 0 Å². The van der Waals surface area contributed by atoms with Crippen LogP contribution in [0.5, 0.6) is 0 Å². The van der Waals surface area contributed by atoms with Gasteiger partial charge in [0.2, 0.25) is 0 Å². The number of rotatable bonds is 2. The molecule has 0 aliphatic carbocycles. The SMILES string of the molecule is COCC1CNC(C)(C)CO1.Cl. The zero-order valence-electron chi connectivity index (χ0n) is 7.92. The number of halogens is 1. The molecule has 0 spiro atoms. The normalized spacial score (nSPS) is 27.8. The highest BCUT2D eigenvalue weighted by Gasteiger charge is 2.26. The number of hydrogen-bond donors (Lipinski definition) is 1. The van der Waals surface area contributed by atoms with Crippen molar-refractivity contribution in [3.05, 3.63) is 0 Å². The van der Waals surface area contributed by atoms with E-state index < -0.39 is 0 Å². The van der Waals surface area contributed by atoms with Crippen LogP contribution in [-0.2, 0) is 9.47 Å². The maximum absolute atomic E-state index is 5.55. The van der Waals surface area contributed by atoms with Gasteiger partial charge in [0, 0.05) is 19.2 Å². The van der Waals surface area contributed by atoms with Gasteiger partial charge in [0.05, 0.1) is 19.3 Å². The highest BCUT2D eigenvalue weighted by atomic mass is 35.5. The second kappa shape index (κ2) is 5.02. The number of ether oxygens (including phenoxy) is 2. The summed E-state index contributed by atoms with van der Waals surface area (Å²) in [6.07, 6.45) is 0.230. The Bertz CT molecular complexity index is 120. The maximum atomic E-state index is 5.55. The zero-order valence-corrected chi connectivity index (χ0v) is 8.74. The average Bonchev–Trinajstić information content (AvgIpc) is 1.94. The Morgan fingerprint density at radius 2 is 2.25 bits per heavy atom. The third kappa shape index (κ3) is 3.72. The Kier molecular flexibility index (Phi) is 5.09. The molecule has 3 nitrogen and oxygen atoms in total. The smallest absolute Gasteiger partial charge is 0.0933 e. The van der Waals surface area contributed by atoms with Crippen LogP contribution in [0.3, 0.4) is 0 Å². The first kappa shape index (κ1) is 12.2. The van der Waals surface area contributed by atoms with Crippen molar-refractivity contribution in [3.8, 4) is 0 Å². The van der Waals surface area contributed by atoms with E-state index in [2.05, 4.69) is 19.2 Å². The fourth-order valence-electron chi connectivity index (χ4n) is 1.12. The highest BCUT2D eigenvalue weighted by molar-refractivity contribution is 5.85. The van der Waals surface area contributed by atoms with Crippen LogP contribution < -0.4 is 5.32 Å². The van der Waals surface area contributed by atoms with Crippen molar-refractivity contribution >= 4 is 12.4 Å². The van der Waals surface area contributed by atoms with Crippen LogP contribution in [0.15, 0.2) is 0 Å². The molecule has 1 rings (SSSR count). The molecule has 0 radical (unpaired) electrons. The molecule has 1 saturated heterocycles.